The number of hydrogen-bond donors (Lipinski definition) is 2. The minimum Gasteiger partial charge on any atom is -0.454 e. The molecule has 1 aliphatic carbocycles. The number of benzene rings is 2. The molecular formula is C21H20N2O3. The summed E-state index contributed by atoms with van der Waals surface area (Å²) in [4.78, 5) is 16.2. The Kier molecular flexibility index (Phi) is 3.42. The second kappa shape index (κ2) is 5.80. The molecule has 132 valence electrons. The molecular weight excluding hydrogens is 328 g/mol. The quantitative estimate of drug-likeness (QED) is 0.727. The second-order valence-electron chi connectivity index (χ2n) is 7.21. The van der Waals surface area contributed by atoms with E-state index in [1.165, 1.54) is 23.1 Å². The fraction of sp³-hybridized carbons (Fsp3) is 0.286. The van der Waals surface area contributed by atoms with Crippen molar-refractivity contribution in [1.29, 1.82) is 0 Å². The molecule has 0 saturated carbocycles. The number of fused-ring (bicyclic) bond motifs is 4. The van der Waals surface area contributed by atoms with Crippen molar-refractivity contribution in [2.24, 2.45) is 5.92 Å². The first-order valence-corrected chi connectivity index (χ1v) is 9.02. The van der Waals surface area contributed by atoms with Gasteiger partial charge in [-0.25, -0.2) is 0 Å². The van der Waals surface area contributed by atoms with Crippen molar-refractivity contribution in [3.05, 3.63) is 53.2 Å². The molecule has 0 saturated heterocycles. The van der Waals surface area contributed by atoms with Crippen molar-refractivity contribution >= 4 is 22.5 Å². The lowest BCUT2D eigenvalue weighted by Crippen LogP contribution is -2.12. The molecule has 26 heavy (non-hydrogen) atoms. The van der Waals surface area contributed by atoms with Crippen LogP contribution in [0.2, 0.25) is 0 Å². The smallest absolute Gasteiger partial charge is 0.255 e. The number of aromatic amines is 1. The molecule has 0 spiro atoms. The molecule has 2 heterocycles. The van der Waals surface area contributed by atoms with Crippen LogP contribution in [-0.4, -0.2) is 17.7 Å². The number of hydrogen-bond acceptors (Lipinski definition) is 3. The van der Waals surface area contributed by atoms with Crippen LogP contribution >= 0.6 is 0 Å². The van der Waals surface area contributed by atoms with Crippen LogP contribution in [0, 0.1) is 5.92 Å². The Balaban J connectivity index is 1.45. The zero-order chi connectivity index (χ0) is 17.7. The summed E-state index contributed by atoms with van der Waals surface area (Å²) in [5.74, 6) is 1.93. The van der Waals surface area contributed by atoms with E-state index in [1.54, 1.807) is 6.07 Å². The van der Waals surface area contributed by atoms with Crippen molar-refractivity contribution in [3.8, 4) is 11.5 Å². The highest BCUT2D eigenvalue weighted by Crippen LogP contribution is 2.35. The molecule has 0 fully saturated rings. The highest BCUT2D eigenvalue weighted by molar-refractivity contribution is 6.06. The van der Waals surface area contributed by atoms with E-state index in [-0.39, 0.29) is 12.7 Å². The molecule has 2 aromatic carbocycles. The van der Waals surface area contributed by atoms with Crippen molar-refractivity contribution in [1.82, 2.24) is 4.98 Å². The third kappa shape index (κ3) is 2.51. The minimum atomic E-state index is -0.121. The molecule has 0 bridgehead atoms. The van der Waals surface area contributed by atoms with E-state index in [1.807, 2.05) is 30.3 Å². The van der Waals surface area contributed by atoms with E-state index in [2.05, 4.69) is 17.2 Å². The van der Waals surface area contributed by atoms with Gasteiger partial charge in [0, 0.05) is 33.9 Å². The van der Waals surface area contributed by atoms with Gasteiger partial charge in [-0.1, -0.05) is 6.92 Å². The molecule has 5 rings (SSSR count). The number of carbonyl (C=O) groups excluding carboxylic acids is 1. The lowest BCUT2D eigenvalue weighted by atomic mass is 9.87. The van der Waals surface area contributed by atoms with Crippen molar-refractivity contribution < 1.29 is 14.3 Å². The molecule has 1 aliphatic heterocycles. The lowest BCUT2D eigenvalue weighted by Gasteiger charge is -2.18. The van der Waals surface area contributed by atoms with Gasteiger partial charge in [-0.3, -0.25) is 4.79 Å². The number of ether oxygens (including phenoxy) is 2. The van der Waals surface area contributed by atoms with E-state index >= 15 is 0 Å². The van der Waals surface area contributed by atoms with Gasteiger partial charge in [-0.05, 0) is 61.1 Å². The number of aryl methyl sites for hydroxylation is 1. The first kappa shape index (κ1) is 15.3. The average molecular weight is 348 g/mol. The molecule has 1 aromatic heterocycles. The molecule has 1 unspecified atom stereocenters. The first-order chi connectivity index (χ1) is 12.7. The van der Waals surface area contributed by atoms with Crippen LogP contribution in [0.5, 0.6) is 11.5 Å². The molecule has 3 aromatic rings. The van der Waals surface area contributed by atoms with E-state index in [0.29, 0.717) is 28.7 Å². The van der Waals surface area contributed by atoms with Crippen molar-refractivity contribution in [3.63, 3.8) is 0 Å². The standard InChI is InChI=1S/C21H20N2O3/c1-12-2-5-17-15(8-12)16-9-13(3-6-18(16)23-17)21(24)22-14-4-7-19-20(10-14)26-11-25-19/h3-4,6-7,9-10,12,23H,2,5,8,11H2,1H3,(H,22,24). The van der Waals surface area contributed by atoms with Crippen LogP contribution in [0.1, 0.15) is 35.0 Å². The molecule has 5 nitrogen and oxygen atoms in total. The summed E-state index contributed by atoms with van der Waals surface area (Å²) in [5, 5.41) is 4.12. The van der Waals surface area contributed by atoms with Crippen LogP contribution in [0.4, 0.5) is 5.69 Å². The zero-order valence-electron chi connectivity index (χ0n) is 14.6. The zero-order valence-corrected chi connectivity index (χ0v) is 14.6. The molecule has 5 heteroatoms. The molecule has 0 radical (unpaired) electrons. The van der Waals surface area contributed by atoms with Crippen LogP contribution in [0.3, 0.4) is 0 Å². The normalized spacial score (nSPS) is 18.0. The van der Waals surface area contributed by atoms with Crippen LogP contribution in [0.25, 0.3) is 10.9 Å². The summed E-state index contributed by atoms with van der Waals surface area (Å²) in [6.07, 6.45) is 3.38. The summed E-state index contributed by atoms with van der Waals surface area (Å²) in [5.41, 5.74) is 5.17. The van der Waals surface area contributed by atoms with E-state index in [0.717, 1.165) is 18.4 Å². The van der Waals surface area contributed by atoms with E-state index in [9.17, 15) is 4.79 Å². The van der Waals surface area contributed by atoms with Crippen molar-refractivity contribution in [2.45, 2.75) is 26.2 Å². The lowest BCUT2D eigenvalue weighted by molar-refractivity contribution is 0.102. The maximum atomic E-state index is 12.7. The van der Waals surface area contributed by atoms with Gasteiger partial charge in [-0.15, -0.1) is 0 Å². The van der Waals surface area contributed by atoms with E-state index < -0.39 is 0 Å². The van der Waals surface area contributed by atoms with E-state index in [4.69, 9.17) is 9.47 Å². The first-order valence-electron chi connectivity index (χ1n) is 9.02. The summed E-state index contributed by atoms with van der Waals surface area (Å²) in [7, 11) is 0. The van der Waals surface area contributed by atoms with Gasteiger partial charge in [0.25, 0.3) is 5.91 Å². The number of amides is 1. The summed E-state index contributed by atoms with van der Waals surface area (Å²) in [6, 6.07) is 11.3. The van der Waals surface area contributed by atoms with Gasteiger partial charge in [0.05, 0.1) is 0 Å². The maximum absolute atomic E-state index is 12.7. The predicted octanol–water partition coefficient (Wildman–Crippen LogP) is 4.27. The number of aromatic nitrogens is 1. The Bertz CT molecular complexity index is 1020. The van der Waals surface area contributed by atoms with Gasteiger partial charge in [0.2, 0.25) is 6.79 Å². The third-order valence-corrected chi connectivity index (χ3v) is 5.33. The maximum Gasteiger partial charge on any atom is 0.255 e. The minimum absolute atomic E-state index is 0.121. The predicted molar refractivity (Wildman–Crippen MR) is 100 cm³/mol. The fourth-order valence-electron chi connectivity index (χ4n) is 3.91. The van der Waals surface area contributed by atoms with Gasteiger partial charge in [0.1, 0.15) is 0 Å². The molecule has 2 N–H and O–H groups in total. The summed E-state index contributed by atoms with van der Waals surface area (Å²) >= 11 is 0. The summed E-state index contributed by atoms with van der Waals surface area (Å²) < 4.78 is 10.7. The Morgan fingerprint density at radius 3 is 2.96 bits per heavy atom. The Morgan fingerprint density at radius 2 is 2.04 bits per heavy atom. The Labute approximate surface area is 151 Å². The van der Waals surface area contributed by atoms with Crippen LogP contribution in [-0.2, 0) is 12.8 Å². The van der Waals surface area contributed by atoms with Gasteiger partial charge in [0.15, 0.2) is 11.5 Å². The number of nitrogens with one attached hydrogen (secondary N) is 2. The summed E-state index contributed by atoms with van der Waals surface area (Å²) in [6.45, 7) is 2.51. The van der Waals surface area contributed by atoms with Gasteiger partial charge < -0.3 is 19.8 Å². The van der Waals surface area contributed by atoms with Crippen LogP contribution in [0.15, 0.2) is 36.4 Å². The Morgan fingerprint density at radius 1 is 1.15 bits per heavy atom. The largest absolute Gasteiger partial charge is 0.454 e. The van der Waals surface area contributed by atoms with Gasteiger partial charge in [-0.2, -0.15) is 0 Å². The molecule has 1 atom stereocenters. The fourth-order valence-corrected chi connectivity index (χ4v) is 3.91. The monoisotopic (exact) mass is 348 g/mol. The number of carbonyl (C=O) groups is 1. The average Bonchev–Trinajstić information content (AvgIpc) is 3.24. The SMILES string of the molecule is CC1CCc2[nH]c3ccc(C(=O)Nc4ccc5c(c4)OCO5)cc3c2C1. The molecule has 1 amide bonds. The number of H-pyrrole nitrogens is 1. The van der Waals surface area contributed by atoms with Crippen LogP contribution < -0.4 is 14.8 Å². The van der Waals surface area contributed by atoms with Gasteiger partial charge >= 0.3 is 0 Å². The highest BCUT2D eigenvalue weighted by atomic mass is 16.7. The third-order valence-electron chi connectivity index (χ3n) is 5.33. The molecule has 2 aliphatic rings. The second-order valence-corrected chi connectivity index (χ2v) is 7.21. The number of rotatable bonds is 2. The number of anilines is 1. The Hall–Kier alpha value is -2.95. The topological polar surface area (TPSA) is 63.4 Å². The van der Waals surface area contributed by atoms with Crippen molar-refractivity contribution in [2.75, 3.05) is 12.1 Å². The highest BCUT2D eigenvalue weighted by Gasteiger charge is 2.21.